The molecule has 1 aromatic carbocycles. The van der Waals surface area contributed by atoms with E-state index in [1.165, 1.54) is 6.20 Å². The average Bonchev–Trinajstić information content (AvgIpc) is 3.45. The van der Waals surface area contributed by atoms with Crippen molar-refractivity contribution in [2.75, 3.05) is 6.54 Å². The zero-order valence-corrected chi connectivity index (χ0v) is 18.3. The lowest BCUT2D eigenvalue weighted by Crippen LogP contribution is -2.42. The summed E-state index contributed by atoms with van der Waals surface area (Å²) in [4.78, 5) is 19.1. The number of carbonyl (C=O) groups excluding carboxylic acids is 1. The van der Waals surface area contributed by atoms with Gasteiger partial charge in [0.15, 0.2) is 0 Å². The molecule has 1 heterocycles. The van der Waals surface area contributed by atoms with E-state index in [0.717, 1.165) is 12.8 Å². The minimum atomic E-state index is -1.03. The molecule has 1 aromatic heterocycles. The van der Waals surface area contributed by atoms with Gasteiger partial charge in [0.05, 0.1) is 10.7 Å². The molecular formula is C22H26Cl2N2O3. The molecule has 0 aliphatic heterocycles. The molecule has 5 nitrogen and oxygen atoms in total. The van der Waals surface area contributed by atoms with Gasteiger partial charge >= 0.3 is 6.09 Å². The van der Waals surface area contributed by atoms with Crippen LogP contribution >= 0.6 is 23.2 Å². The highest BCUT2D eigenvalue weighted by atomic mass is 35.5. The fraction of sp³-hybridized carbons (Fsp3) is 0.455. The zero-order valence-electron chi connectivity index (χ0n) is 16.8. The summed E-state index contributed by atoms with van der Waals surface area (Å²) >= 11 is 12.1. The first kappa shape index (κ1) is 21.9. The Labute approximate surface area is 181 Å². The number of pyridine rings is 1. The third-order valence-corrected chi connectivity index (χ3v) is 5.12. The quantitative estimate of drug-likeness (QED) is 0.620. The van der Waals surface area contributed by atoms with Crippen LogP contribution in [0, 0.1) is 5.92 Å². The number of aromatic nitrogens is 1. The van der Waals surface area contributed by atoms with E-state index in [4.69, 9.17) is 27.9 Å². The van der Waals surface area contributed by atoms with E-state index >= 15 is 0 Å². The van der Waals surface area contributed by atoms with Crippen LogP contribution in [0.4, 0.5) is 4.79 Å². The predicted molar refractivity (Wildman–Crippen MR) is 114 cm³/mol. The van der Waals surface area contributed by atoms with E-state index in [2.05, 4.69) is 4.98 Å². The smallest absolute Gasteiger partial charge is 0.410 e. The Morgan fingerprint density at radius 1 is 1.24 bits per heavy atom. The lowest BCUT2D eigenvalue weighted by atomic mass is 9.97. The van der Waals surface area contributed by atoms with Crippen molar-refractivity contribution in [1.82, 2.24) is 9.88 Å². The van der Waals surface area contributed by atoms with Gasteiger partial charge < -0.3 is 9.84 Å². The molecule has 1 aliphatic rings. The SMILES string of the molecule is CC(C)(C)OC(=O)N(CC1CC1)[C@@H](c1ccc(Cl)cn1)[C@@H](O)c1cccc(Cl)c1. The van der Waals surface area contributed by atoms with Crippen molar-refractivity contribution in [1.29, 1.82) is 0 Å². The Hall–Kier alpha value is -1.82. The molecule has 1 amide bonds. The van der Waals surface area contributed by atoms with Gasteiger partial charge in [-0.15, -0.1) is 0 Å². The highest BCUT2D eigenvalue weighted by Gasteiger charge is 2.39. The predicted octanol–water partition coefficient (Wildman–Crippen LogP) is 5.81. The molecule has 0 saturated heterocycles. The molecule has 1 fully saturated rings. The minimum absolute atomic E-state index is 0.392. The summed E-state index contributed by atoms with van der Waals surface area (Å²) in [6.07, 6.45) is 2.10. The molecule has 0 radical (unpaired) electrons. The lowest BCUT2D eigenvalue weighted by Gasteiger charge is -2.36. The number of nitrogens with zero attached hydrogens (tertiary/aromatic N) is 2. The fourth-order valence-corrected chi connectivity index (χ4v) is 3.44. The van der Waals surface area contributed by atoms with Crippen LogP contribution < -0.4 is 0 Å². The summed E-state index contributed by atoms with van der Waals surface area (Å²) in [7, 11) is 0. The molecule has 29 heavy (non-hydrogen) atoms. The topological polar surface area (TPSA) is 62.7 Å². The number of benzene rings is 1. The van der Waals surface area contributed by atoms with Crippen molar-refractivity contribution < 1.29 is 14.6 Å². The largest absolute Gasteiger partial charge is 0.444 e. The van der Waals surface area contributed by atoms with Crippen molar-refractivity contribution >= 4 is 29.3 Å². The molecule has 1 saturated carbocycles. The first-order valence-corrected chi connectivity index (χ1v) is 10.4. The number of halogens is 2. The van der Waals surface area contributed by atoms with E-state index in [9.17, 15) is 9.90 Å². The second-order valence-corrected chi connectivity index (χ2v) is 9.29. The summed E-state index contributed by atoms with van der Waals surface area (Å²) in [5.41, 5.74) is 0.481. The Bertz CT molecular complexity index is 848. The van der Waals surface area contributed by atoms with E-state index in [1.807, 2.05) is 20.8 Å². The Morgan fingerprint density at radius 3 is 2.52 bits per heavy atom. The molecule has 3 rings (SSSR count). The third-order valence-electron chi connectivity index (χ3n) is 4.66. The number of hydrogen-bond acceptors (Lipinski definition) is 4. The number of hydrogen-bond donors (Lipinski definition) is 1. The van der Waals surface area contributed by atoms with Gasteiger partial charge in [-0.2, -0.15) is 0 Å². The van der Waals surface area contributed by atoms with Crippen LogP contribution in [-0.4, -0.2) is 33.2 Å². The van der Waals surface area contributed by atoms with E-state index < -0.39 is 23.8 Å². The molecule has 2 aromatic rings. The van der Waals surface area contributed by atoms with Crippen LogP contribution in [0.5, 0.6) is 0 Å². The molecule has 2 atom stereocenters. The minimum Gasteiger partial charge on any atom is -0.444 e. The molecule has 0 unspecified atom stereocenters. The second-order valence-electron chi connectivity index (χ2n) is 8.42. The van der Waals surface area contributed by atoms with Crippen LogP contribution in [-0.2, 0) is 4.74 Å². The summed E-state index contributed by atoms with van der Waals surface area (Å²) in [5.74, 6) is 0.392. The van der Waals surface area contributed by atoms with E-state index in [1.54, 1.807) is 41.3 Å². The van der Waals surface area contributed by atoms with Crippen molar-refractivity contribution in [2.24, 2.45) is 5.92 Å². The molecular weight excluding hydrogens is 411 g/mol. The first-order chi connectivity index (χ1) is 13.6. The highest BCUT2D eigenvalue weighted by molar-refractivity contribution is 6.30. The summed E-state index contributed by atoms with van der Waals surface area (Å²) in [6.45, 7) is 5.96. The van der Waals surface area contributed by atoms with Crippen LogP contribution in [0.25, 0.3) is 0 Å². The maximum Gasteiger partial charge on any atom is 0.410 e. The average molecular weight is 437 g/mol. The van der Waals surface area contributed by atoms with E-state index in [-0.39, 0.29) is 0 Å². The van der Waals surface area contributed by atoms with Crippen LogP contribution in [0.2, 0.25) is 10.0 Å². The van der Waals surface area contributed by atoms with Crippen molar-refractivity contribution in [3.05, 3.63) is 63.9 Å². The molecule has 1 aliphatic carbocycles. The number of carbonyl (C=O) groups is 1. The molecule has 7 heteroatoms. The van der Waals surface area contributed by atoms with Gasteiger partial charge in [-0.05, 0) is 69.4 Å². The maximum atomic E-state index is 13.1. The first-order valence-electron chi connectivity index (χ1n) is 9.68. The molecule has 0 bridgehead atoms. The van der Waals surface area contributed by atoms with Gasteiger partial charge in [-0.3, -0.25) is 9.88 Å². The highest BCUT2D eigenvalue weighted by Crippen LogP contribution is 2.39. The Balaban J connectivity index is 2.02. The van der Waals surface area contributed by atoms with Crippen molar-refractivity contribution in [3.63, 3.8) is 0 Å². The fourth-order valence-electron chi connectivity index (χ4n) is 3.13. The van der Waals surface area contributed by atoms with Gasteiger partial charge in [-0.25, -0.2) is 4.79 Å². The third kappa shape index (κ3) is 6.08. The number of ether oxygens (including phenoxy) is 1. The number of aliphatic hydroxyl groups excluding tert-OH is 1. The summed E-state index contributed by atoms with van der Waals surface area (Å²) in [5, 5.41) is 12.3. The maximum absolute atomic E-state index is 13.1. The van der Waals surface area contributed by atoms with Gasteiger partial charge in [-0.1, -0.05) is 35.3 Å². The van der Waals surface area contributed by atoms with E-state index in [0.29, 0.717) is 33.8 Å². The number of amides is 1. The summed E-state index contributed by atoms with van der Waals surface area (Å²) < 4.78 is 5.66. The number of rotatable bonds is 6. The number of aliphatic hydroxyl groups is 1. The standard InChI is InChI=1S/C22H26Cl2N2O3/c1-22(2,3)29-21(28)26(13-14-7-8-14)19(18-10-9-17(24)12-25-18)20(27)15-5-4-6-16(23)11-15/h4-6,9-12,14,19-20,27H,7-8,13H2,1-3H3/t19-,20-/m0/s1. The summed E-state index contributed by atoms with van der Waals surface area (Å²) in [6, 6.07) is 9.68. The zero-order chi connectivity index (χ0) is 21.2. The lowest BCUT2D eigenvalue weighted by molar-refractivity contribution is -0.00976. The van der Waals surface area contributed by atoms with Gasteiger partial charge in [0.1, 0.15) is 17.7 Å². The molecule has 1 N–H and O–H groups in total. The molecule has 156 valence electrons. The van der Waals surface area contributed by atoms with Crippen LogP contribution in [0.15, 0.2) is 42.6 Å². The van der Waals surface area contributed by atoms with Crippen LogP contribution in [0.1, 0.15) is 57.0 Å². The van der Waals surface area contributed by atoms with Gasteiger partial charge in [0.2, 0.25) is 0 Å². The van der Waals surface area contributed by atoms with Crippen LogP contribution in [0.3, 0.4) is 0 Å². The molecule has 0 spiro atoms. The Kier molecular flexibility index (Phi) is 6.72. The Morgan fingerprint density at radius 2 is 1.97 bits per heavy atom. The normalized spacial score (nSPS) is 16.2. The van der Waals surface area contributed by atoms with Crippen molar-refractivity contribution in [2.45, 2.75) is 51.4 Å². The van der Waals surface area contributed by atoms with Crippen molar-refractivity contribution in [3.8, 4) is 0 Å². The van der Waals surface area contributed by atoms with Gasteiger partial charge in [0.25, 0.3) is 0 Å². The monoisotopic (exact) mass is 436 g/mol. The van der Waals surface area contributed by atoms with Gasteiger partial charge in [0, 0.05) is 17.8 Å². The second kappa shape index (κ2) is 8.90.